The van der Waals surface area contributed by atoms with E-state index in [-0.39, 0.29) is 11.3 Å². The van der Waals surface area contributed by atoms with Crippen molar-refractivity contribution in [3.05, 3.63) is 33.9 Å². The molecular formula is C14H19N3O4. The second-order valence-electron chi connectivity index (χ2n) is 5.23. The average molecular weight is 293 g/mol. The van der Waals surface area contributed by atoms with Crippen LogP contribution in [0.2, 0.25) is 0 Å². The third-order valence-electron chi connectivity index (χ3n) is 3.80. The number of likely N-dealkylation sites (N-methyl/N-ethyl adjacent to an activating group) is 1. The molecule has 1 aromatic rings. The second-order valence-corrected chi connectivity index (χ2v) is 5.23. The maximum atomic E-state index is 11.0. The summed E-state index contributed by atoms with van der Waals surface area (Å²) < 4.78 is 0. The van der Waals surface area contributed by atoms with E-state index in [1.54, 1.807) is 6.07 Å². The molecule has 0 amide bonds. The third kappa shape index (κ3) is 3.69. The standard InChI is InChI=1S/C14H19N3O4/c1-15(8-9-16-6-2-3-7-16)11-4-5-12(14(18)19)13(10-11)17(20)21/h4-5,10H,2-3,6-9H2,1H3,(H,18,19). The molecule has 114 valence electrons. The van der Waals surface area contributed by atoms with Crippen LogP contribution in [0.15, 0.2) is 18.2 Å². The zero-order valence-corrected chi connectivity index (χ0v) is 12.0. The van der Waals surface area contributed by atoms with E-state index in [1.165, 1.54) is 25.0 Å². The van der Waals surface area contributed by atoms with E-state index in [4.69, 9.17) is 5.11 Å². The molecule has 1 N–H and O–H groups in total. The van der Waals surface area contributed by atoms with Crippen LogP contribution in [0.5, 0.6) is 0 Å². The third-order valence-corrected chi connectivity index (χ3v) is 3.80. The van der Waals surface area contributed by atoms with Crippen LogP contribution in [0.1, 0.15) is 23.2 Å². The number of benzene rings is 1. The number of nitro groups is 1. The minimum absolute atomic E-state index is 0.281. The van der Waals surface area contributed by atoms with Crippen LogP contribution in [0.3, 0.4) is 0 Å². The summed E-state index contributed by atoms with van der Waals surface area (Å²) >= 11 is 0. The number of likely N-dealkylation sites (tertiary alicyclic amines) is 1. The van der Waals surface area contributed by atoms with Crippen molar-refractivity contribution in [3.63, 3.8) is 0 Å². The van der Waals surface area contributed by atoms with Gasteiger partial charge in [0.05, 0.1) is 4.92 Å². The van der Waals surface area contributed by atoms with Crippen molar-refractivity contribution in [2.45, 2.75) is 12.8 Å². The van der Waals surface area contributed by atoms with Crippen LogP contribution in [-0.2, 0) is 0 Å². The summed E-state index contributed by atoms with van der Waals surface area (Å²) in [6.07, 6.45) is 2.45. The van der Waals surface area contributed by atoms with Gasteiger partial charge in [-0.15, -0.1) is 0 Å². The Morgan fingerprint density at radius 3 is 2.67 bits per heavy atom. The topological polar surface area (TPSA) is 86.9 Å². The quantitative estimate of drug-likeness (QED) is 0.636. The molecule has 0 unspecified atom stereocenters. The van der Waals surface area contributed by atoms with E-state index in [0.29, 0.717) is 5.69 Å². The average Bonchev–Trinajstić information content (AvgIpc) is 2.97. The number of carbonyl (C=O) groups is 1. The number of hydrogen-bond acceptors (Lipinski definition) is 5. The molecule has 2 rings (SSSR count). The van der Waals surface area contributed by atoms with Crippen molar-refractivity contribution in [2.75, 3.05) is 38.1 Å². The lowest BCUT2D eigenvalue weighted by atomic mass is 10.1. The number of rotatable bonds is 6. The highest BCUT2D eigenvalue weighted by Gasteiger charge is 2.21. The zero-order chi connectivity index (χ0) is 15.4. The van der Waals surface area contributed by atoms with Crippen LogP contribution >= 0.6 is 0 Å². The lowest BCUT2D eigenvalue weighted by Gasteiger charge is -2.23. The van der Waals surface area contributed by atoms with E-state index in [9.17, 15) is 14.9 Å². The fraction of sp³-hybridized carbons (Fsp3) is 0.500. The van der Waals surface area contributed by atoms with E-state index >= 15 is 0 Å². The molecule has 1 heterocycles. The van der Waals surface area contributed by atoms with E-state index in [1.807, 2.05) is 11.9 Å². The molecule has 0 aliphatic carbocycles. The predicted molar refractivity (Wildman–Crippen MR) is 79.0 cm³/mol. The van der Waals surface area contributed by atoms with Gasteiger partial charge in [0, 0.05) is 31.9 Å². The maximum Gasteiger partial charge on any atom is 0.342 e. The summed E-state index contributed by atoms with van der Waals surface area (Å²) in [6.45, 7) is 3.87. The van der Waals surface area contributed by atoms with Gasteiger partial charge < -0.3 is 14.9 Å². The summed E-state index contributed by atoms with van der Waals surface area (Å²) in [4.78, 5) is 25.6. The first-order valence-corrected chi connectivity index (χ1v) is 6.94. The molecule has 1 aromatic carbocycles. The van der Waals surface area contributed by atoms with Crippen molar-refractivity contribution < 1.29 is 14.8 Å². The highest BCUT2D eigenvalue weighted by molar-refractivity contribution is 5.93. The number of anilines is 1. The Kier molecular flexibility index (Phi) is 4.74. The smallest absolute Gasteiger partial charge is 0.342 e. The largest absolute Gasteiger partial charge is 0.477 e. The lowest BCUT2D eigenvalue weighted by Crippen LogP contribution is -2.31. The van der Waals surface area contributed by atoms with Gasteiger partial charge in [0.25, 0.3) is 5.69 Å². The summed E-state index contributed by atoms with van der Waals surface area (Å²) in [7, 11) is 1.86. The van der Waals surface area contributed by atoms with Crippen molar-refractivity contribution in [2.24, 2.45) is 0 Å². The van der Waals surface area contributed by atoms with Crippen molar-refractivity contribution in [1.82, 2.24) is 4.90 Å². The molecule has 0 saturated carbocycles. The van der Waals surface area contributed by atoms with Gasteiger partial charge in [-0.1, -0.05) is 0 Å². The molecule has 7 heteroatoms. The van der Waals surface area contributed by atoms with Crippen LogP contribution in [0.25, 0.3) is 0 Å². The number of carboxylic acid groups (broad SMARTS) is 1. The SMILES string of the molecule is CN(CCN1CCCC1)c1ccc(C(=O)O)c([N+](=O)[O-])c1. The molecule has 1 saturated heterocycles. The van der Waals surface area contributed by atoms with Gasteiger partial charge in [0.1, 0.15) is 5.56 Å². The van der Waals surface area contributed by atoms with Crippen LogP contribution in [0.4, 0.5) is 11.4 Å². The first-order valence-electron chi connectivity index (χ1n) is 6.94. The summed E-state index contributed by atoms with van der Waals surface area (Å²) in [5.74, 6) is -1.28. The number of aromatic carboxylic acids is 1. The fourth-order valence-electron chi connectivity index (χ4n) is 2.52. The summed E-state index contributed by atoms with van der Waals surface area (Å²) in [5.41, 5.74) is 0.00983. The maximum absolute atomic E-state index is 11.0. The van der Waals surface area contributed by atoms with Gasteiger partial charge in [-0.05, 0) is 38.1 Å². The number of nitro benzene ring substituents is 1. The minimum atomic E-state index is -1.28. The fourth-order valence-corrected chi connectivity index (χ4v) is 2.52. The van der Waals surface area contributed by atoms with E-state index < -0.39 is 10.9 Å². The Balaban J connectivity index is 2.09. The molecule has 1 aliphatic rings. The van der Waals surface area contributed by atoms with Crippen molar-refractivity contribution >= 4 is 17.3 Å². The molecule has 21 heavy (non-hydrogen) atoms. The first kappa shape index (κ1) is 15.2. The van der Waals surface area contributed by atoms with E-state index in [2.05, 4.69) is 4.90 Å². The zero-order valence-electron chi connectivity index (χ0n) is 12.0. The molecular weight excluding hydrogens is 274 g/mol. The second kappa shape index (κ2) is 6.53. The molecule has 0 aromatic heterocycles. The Labute approximate surface area is 122 Å². The van der Waals surface area contributed by atoms with Crippen molar-refractivity contribution in [3.8, 4) is 0 Å². The molecule has 0 bridgehead atoms. The van der Waals surface area contributed by atoms with Gasteiger partial charge in [0.2, 0.25) is 0 Å². The van der Waals surface area contributed by atoms with Crippen LogP contribution in [0, 0.1) is 10.1 Å². The Morgan fingerprint density at radius 1 is 1.43 bits per heavy atom. The van der Waals surface area contributed by atoms with Gasteiger partial charge in [0.15, 0.2) is 0 Å². The monoisotopic (exact) mass is 293 g/mol. The van der Waals surface area contributed by atoms with Crippen LogP contribution in [-0.4, -0.2) is 54.1 Å². The van der Waals surface area contributed by atoms with Gasteiger partial charge in [-0.25, -0.2) is 4.79 Å². The molecule has 0 atom stereocenters. The van der Waals surface area contributed by atoms with Crippen molar-refractivity contribution in [1.29, 1.82) is 0 Å². The van der Waals surface area contributed by atoms with E-state index in [0.717, 1.165) is 26.2 Å². The molecule has 1 fully saturated rings. The van der Waals surface area contributed by atoms with Gasteiger partial charge in [-0.3, -0.25) is 10.1 Å². The first-order chi connectivity index (χ1) is 9.99. The highest BCUT2D eigenvalue weighted by Crippen LogP contribution is 2.25. The lowest BCUT2D eigenvalue weighted by molar-refractivity contribution is -0.385. The predicted octanol–water partition coefficient (Wildman–Crippen LogP) is 1.82. The number of carboxylic acids is 1. The molecule has 0 radical (unpaired) electrons. The Bertz CT molecular complexity index is 541. The van der Waals surface area contributed by atoms with Gasteiger partial charge >= 0.3 is 5.97 Å². The molecule has 1 aliphatic heterocycles. The van der Waals surface area contributed by atoms with Gasteiger partial charge in [-0.2, -0.15) is 0 Å². The molecule has 7 nitrogen and oxygen atoms in total. The molecule has 0 spiro atoms. The van der Waals surface area contributed by atoms with Crippen LogP contribution < -0.4 is 4.90 Å². The number of nitrogens with zero attached hydrogens (tertiary/aromatic N) is 3. The Morgan fingerprint density at radius 2 is 2.10 bits per heavy atom. The summed E-state index contributed by atoms with van der Waals surface area (Å²) in [5, 5.41) is 19.9. The minimum Gasteiger partial charge on any atom is -0.477 e. The Hall–Kier alpha value is -2.15. The highest BCUT2D eigenvalue weighted by atomic mass is 16.6. The number of hydrogen-bond donors (Lipinski definition) is 1. The normalized spacial score (nSPS) is 15.1. The summed E-state index contributed by atoms with van der Waals surface area (Å²) in [6, 6.07) is 4.23.